The predicted octanol–water partition coefficient (Wildman–Crippen LogP) is 2.32. The smallest absolute Gasteiger partial charge is 0.0581 e. The molecule has 2 nitrogen and oxygen atoms in total. The lowest BCUT2D eigenvalue weighted by Gasteiger charge is -2.32. The summed E-state index contributed by atoms with van der Waals surface area (Å²) in [6.07, 6.45) is 5.78. The molecule has 0 spiro atoms. The first kappa shape index (κ1) is 11.0. The van der Waals surface area contributed by atoms with E-state index < -0.39 is 0 Å². The number of rotatable bonds is 3. The zero-order chi connectivity index (χ0) is 9.84. The first-order valence-corrected chi connectivity index (χ1v) is 5.50. The van der Waals surface area contributed by atoms with Crippen LogP contribution in [-0.2, 0) is 4.74 Å². The molecule has 1 aliphatic rings. The Labute approximate surface area is 81.8 Å². The Bertz CT molecular complexity index is 145. The van der Waals surface area contributed by atoms with Gasteiger partial charge in [-0.15, -0.1) is 0 Å². The average Bonchev–Trinajstić information content (AvgIpc) is 2.03. The van der Waals surface area contributed by atoms with E-state index in [1.807, 2.05) is 0 Å². The van der Waals surface area contributed by atoms with E-state index in [-0.39, 0.29) is 0 Å². The van der Waals surface area contributed by atoms with Gasteiger partial charge in [0.05, 0.1) is 12.2 Å². The van der Waals surface area contributed by atoms with E-state index in [0.717, 1.165) is 6.42 Å². The van der Waals surface area contributed by atoms with E-state index in [4.69, 9.17) is 10.5 Å². The van der Waals surface area contributed by atoms with Crippen LogP contribution in [0.1, 0.15) is 46.5 Å². The van der Waals surface area contributed by atoms with Gasteiger partial charge in [0, 0.05) is 6.04 Å². The van der Waals surface area contributed by atoms with Gasteiger partial charge < -0.3 is 10.5 Å². The largest absolute Gasteiger partial charge is 0.376 e. The van der Waals surface area contributed by atoms with Gasteiger partial charge in [0.2, 0.25) is 0 Å². The number of hydrogen-bond donors (Lipinski definition) is 1. The average molecular weight is 185 g/mol. The van der Waals surface area contributed by atoms with Crippen molar-refractivity contribution >= 4 is 0 Å². The van der Waals surface area contributed by atoms with Gasteiger partial charge >= 0.3 is 0 Å². The third-order valence-corrected chi connectivity index (χ3v) is 2.87. The third-order valence-electron chi connectivity index (χ3n) is 2.87. The minimum absolute atomic E-state index is 0.332. The Balaban J connectivity index is 2.33. The Morgan fingerprint density at radius 3 is 2.46 bits per heavy atom. The molecule has 2 unspecified atom stereocenters. The van der Waals surface area contributed by atoms with Gasteiger partial charge in [-0.05, 0) is 46.0 Å². The minimum atomic E-state index is 0.332. The summed E-state index contributed by atoms with van der Waals surface area (Å²) in [5.74, 6) is 0.678. The topological polar surface area (TPSA) is 35.2 Å². The predicted molar refractivity (Wildman–Crippen MR) is 55.6 cm³/mol. The number of ether oxygens (including phenoxy) is 1. The fraction of sp³-hybridized carbons (Fsp3) is 1.00. The fourth-order valence-corrected chi connectivity index (χ4v) is 2.17. The van der Waals surface area contributed by atoms with E-state index in [2.05, 4.69) is 20.8 Å². The van der Waals surface area contributed by atoms with E-state index in [9.17, 15) is 0 Å². The molecule has 0 amide bonds. The molecule has 0 heterocycles. The highest BCUT2D eigenvalue weighted by atomic mass is 16.5. The summed E-state index contributed by atoms with van der Waals surface area (Å²) in [5.41, 5.74) is 5.90. The third kappa shape index (κ3) is 3.65. The molecule has 1 saturated carbocycles. The van der Waals surface area contributed by atoms with Crippen molar-refractivity contribution in [1.82, 2.24) is 0 Å². The SMILES string of the molecule is CC(C)O[C@H]1CCCC(C(C)N)C1. The molecule has 0 aromatic heterocycles. The highest BCUT2D eigenvalue weighted by Crippen LogP contribution is 2.28. The van der Waals surface area contributed by atoms with Crippen molar-refractivity contribution in [1.29, 1.82) is 0 Å². The fourth-order valence-electron chi connectivity index (χ4n) is 2.17. The molecular weight excluding hydrogens is 162 g/mol. The Kier molecular flexibility index (Phi) is 4.20. The van der Waals surface area contributed by atoms with Crippen molar-refractivity contribution in [3.8, 4) is 0 Å². The molecule has 13 heavy (non-hydrogen) atoms. The van der Waals surface area contributed by atoms with E-state index in [1.165, 1.54) is 19.3 Å². The van der Waals surface area contributed by atoms with Crippen LogP contribution in [0.25, 0.3) is 0 Å². The maximum Gasteiger partial charge on any atom is 0.0581 e. The van der Waals surface area contributed by atoms with Crippen molar-refractivity contribution in [3.63, 3.8) is 0 Å². The van der Waals surface area contributed by atoms with Crippen molar-refractivity contribution in [3.05, 3.63) is 0 Å². The van der Waals surface area contributed by atoms with Gasteiger partial charge in [0.25, 0.3) is 0 Å². The quantitative estimate of drug-likeness (QED) is 0.732. The first-order valence-electron chi connectivity index (χ1n) is 5.50. The second-order valence-corrected chi connectivity index (χ2v) is 4.59. The summed E-state index contributed by atoms with van der Waals surface area (Å²) in [4.78, 5) is 0. The lowest BCUT2D eigenvalue weighted by molar-refractivity contribution is -0.0259. The molecule has 0 bridgehead atoms. The van der Waals surface area contributed by atoms with E-state index in [0.29, 0.717) is 24.2 Å². The van der Waals surface area contributed by atoms with Crippen LogP contribution in [0, 0.1) is 5.92 Å². The monoisotopic (exact) mass is 185 g/mol. The van der Waals surface area contributed by atoms with Crippen molar-refractivity contribution < 1.29 is 4.74 Å². The van der Waals surface area contributed by atoms with Crippen LogP contribution < -0.4 is 5.73 Å². The molecule has 0 saturated heterocycles. The molecule has 0 aromatic carbocycles. The molecule has 3 atom stereocenters. The van der Waals surface area contributed by atoms with Crippen LogP contribution in [0.3, 0.4) is 0 Å². The lowest BCUT2D eigenvalue weighted by atomic mass is 9.83. The molecule has 0 aliphatic heterocycles. The van der Waals surface area contributed by atoms with E-state index in [1.54, 1.807) is 0 Å². The molecule has 0 aromatic rings. The van der Waals surface area contributed by atoms with Crippen LogP contribution in [0.5, 0.6) is 0 Å². The van der Waals surface area contributed by atoms with Crippen LogP contribution in [0.2, 0.25) is 0 Å². The lowest BCUT2D eigenvalue weighted by Crippen LogP contribution is -2.34. The minimum Gasteiger partial charge on any atom is -0.376 e. The summed E-state index contributed by atoms with van der Waals surface area (Å²) in [6.45, 7) is 6.33. The summed E-state index contributed by atoms with van der Waals surface area (Å²) in [7, 11) is 0. The van der Waals surface area contributed by atoms with Gasteiger partial charge in [-0.25, -0.2) is 0 Å². The van der Waals surface area contributed by atoms with Crippen molar-refractivity contribution in [2.45, 2.75) is 64.7 Å². The molecule has 0 radical (unpaired) electrons. The molecule has 78 valence electrons. The zero-order valence-corrected chi connectivity index (χ0v) is 9.12. The summed E-state index contributed by atoms with van der Waals surface area (Å²) >= 11 is 0. The normalized spacial score (nSPS) is 32.1. The highest BCUT2D eigenvalue weighted by molar-refractivity contribution is 4.78. The highest BCUT2D eigenvalue weighted by Gasteiger charge is 2.25. The molecule has 2 N–H and O–H groups in total. The van der Waals surface area contributed by atoms with Crippen LogP contribution >= 0.6 is 0 Å². The number of nitrogens with two attached hydrogens (primary N) is 1. The van der Waals surface area contributed by atoms with Gasteiger partial charge in [-0.1, -0.05) is 6.42 Å². The van der Waals surface area contributed by atoms with Gasteiger partial charge in [0.15, 0.2) is 0 Å². The molecule has 1 aliphatic carbocycles. The first-order chi connectivity index (χ1) is 6.09. The molecule has 1 fully saturated rings. The van der Waals surface area contributed by atoms with Crippen molar-refractivity contribution in [2.24, 2.45) is 11.7 Å². The Morgan fingerprint density at radius 2 is 1.92 bits per heavy atom. The zero-order valence-electron chi connectivity index (χ0n) is 9.12. The van der Waals surface area contributed by atoms with Crippen LogP contribution in [0.15, 0.2) is 0 Å². The molecule has 1 rings (SSSR count). The summed E-state index contributed by atoms with van der Waals surface area (Å²) in [5, 5.41) is 0. The van der Waals surface area contributed by atoms with Crippen LogP contribution in [-0.4, -0.2) is 18.2 Å². The second-order valence-electron chi connectivity index (χ2n) is 4.59. The summed E-state index contributed by atoms with van der Waals surface area (Å²) in [6, 6.07) is 0.332. The summed E-state index contributed by atoms with van der Waals surface area (Å²) < 4.78 is 5.82. The Hall–Kier alpha value is -0.0800. The second kappa shape index (κ2) is 4.97. The van der Waals surface area contributed by atoms with E-state index >= 15 is 0 Å². The maximum absolute atomic E-state index is 5.90. The Morgan fingerprint density at radius 1 is 1.23 bits per heavy atom. The molecular formula is C11H23NO. The molecule has 2 heteroatoms. The van der Waals surface area contributed by atoms with Gasteiger partial charge in [0.1, 0.15) is 0 Å². The number of hydrogen-bond acceptors (Lipinski definition) is 2. The van der Waals surface area contributed by atoms with Gasteiger partial charge in [-0.2, -0.15) is 0 Å². The maximum atomic E-state index is 5.90. The van der Waals surface area contributed by atoms with Crippen LogP contribution in [0.4, 0.5) is 0 Å². The van der Waals surface area contributed by atoms with Gasteiger partial charge in [-0.3, -0.25) is 0 Å². The standard InChI is InChI=1S/C11H23NO/c1-8(2)13-11-6-4-5-10(7-11)9(3)12/h8-11H,4-7,12H2,1-3H3/t9?,10?,11-/m0/s1. The van der Waals surface area contributed by atoms with Crippen molar-refractivity contribution in [2.75, 3.05) is 0 Å².